The normalized spacial score (nSPS) is 10.4. The summed E-state index contributed by atoms with van der Waals surface area (Å²) < 4.78 is 35.6. The van der Waals surface area contributed by atoms with Crippen molar-refractivity contribution in [3.8, 4) is 40.0 Å². The smallest absolute Gasteiger partial charge is 0.203 e. The van der Waals surface area contributed by atoms with E-state index in [9.17, 15) is 4.39 Å². The summed E-state index contributed by atoms with van der Waals surface area (Å²) in [7, 11) is 4.66. The third kappa shape index (κ3) is 4.95. The first kappa shape index (κ1) is 21.9. The number of anilines is 2. The van der Waals surface area contributed by atoms with Crippen LogP contribution < -0.4 is 24.3 Å². The number of rotatable bonds is 8. The molecule has 2 aromatic heterocycles. The monoisotopic (exact) mass is 447 g/mol. The fourth-order valence-electron chi connectivity index (χ4n) is 3.27. The molecule has 4 rings (SSSR count). The Labute approximate surface area is 190 Å². The van der Waals surface area contributed by atoms with Gasteiger partial charge in [0.25, 0.3) is 0 Å². The molecule has 4 aromatic rings. The molecule has 0 aliphatic carbocycles. The van der Waals surface area contributed by atoms with Crippen LogP contribution in [0.2, 0.25) is 0 Å². The Kier molecular flexibility index (Phi) is 6.54. The van der Waals surface area contributed by atoms with Crippen LogP contribution >= 0.6 is 0 Å². The second kappa shape index (κ2) is 9.86. The number of hydrogen-bond donors (Lipinski definition) is 1. The lowest BCUT2D eigenvalue weighted by Gasteiger charge is -2.15. The Balaban J connectivity index is 1.60. The van der Waals surface area contributed by atoms with Crippen LogP contribution in [0.4, 0.5) is 15.9 Å². The summed E-state index contributed by atoms with van der Waals surface area (Å²) in [5.41, 5.74) is 2.05. The summed E-state index contributed by atoms with van der Waals surface area (Å²) in [6.07, 6.45) is 3.29. The second-order valence-electron chi connectivity index (χ2n) is 6.87. The van der Waals surface area contributed by atoms with Crippen LogP contribution in [0, 0.1) is 5.82 Å². The number of nitrogens with zero attached hydrogens (tertiary/aromatic N) is 2. The maximum Gasteiger partial charge on any atom is 0.203 e. The van der Waals surface area contributed by atoms with Crippen molar-refractivity contribution in [3.63, 3.8) is 0 Å². The molecule has 0 saturated heterocycles. The third-order valence-electron chi connectivity index (χ3n) is 4.78. The Hall–Kier alpha value is -4.33. The molecule has 0 unspecified atom stereocenters. The maximum absolute atomic E-state index is 13.3. The van der Waals surface area contributed by atoms with Gasteiger partial charge in [0.15, 0.2) is 17.2 Å². The average molecular weight is 447 g/mol. The zero-order chi connectivity index (χ0) is 23.2. The molecular formula is C25H22FN3O4. The predicted molar refractivity (Wildman–Crippen MR) is 123 cm³/mol. The van der Waals surface area contributed by atoms with Crippen molar-refractivity contribution in [3.05, 3.63) is 78.9 Å². The van der Waals surface area contributed by atoms with Gasteiger partial charge in [0.2, 0.25) is 5.75 Å². The second-order valence-corrected chi connectivity index (χ2v) is 6.87. The molecule has 0 spiro atoms. The highest BCUT2D eigenvalue weighted by molar-refractivity contribution is 5.68. The topological polar surface area (TPSA) is 74.7 Å². The van der Waals surface area contributed by atoms with Crippen LogP contribution in [-0.2, 0) is 0 Å². The van der Waals surface area contributed by atoms with Gasteiger partial charge in [-0.25, -0.2) is 9.37 Å². The molecule has 0 saturated carbocycles. The van der Waals surface area contributed by atoms with E-state index in [1.165, 1.54) is 12.1 Å². The minimum atomic E-state index is -0.311. The highest BCUT2D eigenvalue weighted by Crippen LogP contribution is 2.40. The average Bonchev–Trinajstić information content (AvgIpc) is 2.84. The van der Waals surface area contributed by atoms with Crippen molar-refractivity contribution in [1.29, 1.82) is 0 Å². The van der Waals surface area contributed by atoms with Crippen molar-refractivity contribution in [1.82, 2.24) is 9.97 Å². The summed E-state index contributed by atoms with van der Waals surface area (Å²) in [6, 6.07) is 16.7. The van der Waals surface area contributed by atoms with Gasteiger partial charge in [-0.15, -0.1) is 0 Å². The lowest BCUT2D eigenvalue weighted by atomic mass is 10.1. The number of halogens is 1. The summed E-state index contributed by atoms with van der Waals surface area (Å²) in [6.45, 7) is 0. The Morgan fingerprint density at radius 3 is 2.15 bits per heavy atom. The van der Waals surface area contributed by atoms with E-state index in [-0.39, 0.29) is 5.82 Å². The lowest BCUT2D eigenvalue weighted by Crippen LogP contribution is -1.99. The fraction of sp³-hybridized carbons (Fsp3) is 0.120. The van der Waals surface area contributed by atoms with E-state index in [1.54, 1.807) is 82.3 Å². The van der Waals surface area contributed by atoms with E-state index in [0.717, 1.165) is 5.56 Å². The number of methoxy groups -OCH3 is 3. The minimum Gasteiger partial charge on any atom is -0.493 e. The number of ether oxygens (including phenoxy) is 4. The molecule has 168 valence electrons. The molecule has 0 bridgehead atoms. The van der Waals surface area contributed by atoms with Gasteiger partial charge in [0.05, 0.1) is 21.3 Å². The Bertz CT molecular complexity index is 1220. The molecule has 0 aliphatic heterocycles. The molecule has 1 N–H and O–H groups in total. The molecule has 0 fully saturated rings. The number of nitrogens with one attached hydrogen (secondary N) is 1. The van der Waals surface area contributed by atoms with Gasteiger partial charge in [-0.05, 0) is 42.5 Å². The predicted octanol–water partition coefficient (Wildman–Crippen LogP) is 5.84. The van der Waals surface area contributed by atoms with Crippen LogP contribution in [0.5, 0.6) is 28.7 Å². The van der Waals surface area contributed by atoms with Crippen molar-refractivity contribution >= 4 is 11.5 Å². The highest BCUT2D eigenvalue weighted by atomic mass is 19.1. The Morgan fingerprint density at radius 2 is 1.48 bits per heavy atom. The van der Waals surface area contributed by atoms with E-state index in [0.29, 0.717) is 45.9 Å². The number of pyridine rings is 2. The molecule has 0 amide bonds. The molecule has 33 heavy (non-hydrogen) atoms. The molecule has 0 aliphatic rings. The highest BCUT2D eigenvalue weighted by Gasteiger charge is 2.14. The van der Waals surface area contributed by atoms with Crippen molar-refractivity contribution < 1.29 is 23.3 Å². The SMILES string of the molecule is COc1cc(Nc2cc(Oc3cccnc3-c3ccc(F)cc3)ccn2)cc(OC)c1OC. The Morgan fingerprint density at radius 1 is 0.758 bits per heavy atom. The van der Waals surface area contributed by atoms with Gasteiger partial charge in [0, 0.05) is 41.8 Å². The van der Waals surface area contributed by atoms with Gasteiger partial charge in [0.1, 0.15) is 23.1 Å². The molecule has 2 heterocycles. The van der Waals surface area contributed by atoms with E-state index in [1.807, 2.05) is 0 Å². The zero-order valence-electron chi connectivity index (χ0n) is 18.3. The van der Waals surface area contributed by atoms with Gasteiger partial charge >= 0.3 is 0 Å². The van der Waals surface area contributed by atoms with Crippen molar-refractivity contribution in [2.45, 2.75) is 0 Å². The number of hydrogen-bond acceptors (Lipinski definition) is 7. The maximum atomic E-state index is 13.3. The lowest BCUT2D eigenvalue weighted by molar-refractivity contribution is 0.324. The number of aromatic nitrogens is 2. The molecule has 7 nitrogen and oxygen atoms in total. The standard InChI is InChI=1S/C25H22FN3O4/c1-30-21-13-18(14-22(31-2)25(21)32-3)29-23-15-19(10-12-27-23)33-20-5-4-11-28-24(20)16-6-8-17(26)9-7-16/h4-15H,1-3H3,(H,27,29). The summed E-state index contributed by atoms with van der Waals surface area (Å²) in [5, 5.41) is 3.22. The van der Waals surface area contributed by atoms with Gasteiger partial charge < -0.3 is 24.3 Å². The first-order valence-electron chi connectivity index (χ1n) is 10.0. The van der Waals surface area contributed by atoms with Crippen LogP contribution in [0.15, 0.2) is 73.1 Å². The zero-order valence-corrected chi connectivity index (χ0v) is 18.3. The van der Waals surface area contributed by atoms with Crippen molar-refractivity contribution in [2.75, 3.05) is 26.6 Å². The third-order valence-corrected chi connectivity index (χ3v) is 4.78. The largest absolute Gasteiger partial charge is 0.493 e. The first-order valence-corrected chi connectivity index (χ1v) is 10.0. The summed E-state index contributed by atoms with van der Waals surface area (Å²) in [4.78, 5) is 8.76. The fourth-order valence-corrected chi connectivity index (χ4v) is 3.27. The van der Waals surface area contributed by atoms with Gasteiger partial charge in [-0.1, -0.05) is 0 Å². The van der Waals surface area contributed by atoms with Crippen LogP contribution in [0.1, 0.15) is 0 Å². The molecule has 8 heteroatoms. The van der Waals surface area contributed by atoms with Crippen molar-refractivity contribution in [2.24, 2.45) is 0 Å². The van der Waals surface area contributed by atoms with E-state index < -0.39 is 0 Å². The molecular weight excluding hydrogens is 425 g/mol. The summed E-state index contributed by atoms with van der Waals surface area (Å²) in [5.74, 6) is 2.87. The van der Waals surface area contributed by atoms with E-state index >= 15 is 0 Å². The van der Waals surface area contributed by atoms with Crippen LogP contribution in [0.25, 0.3) is 11.3 Å². The molecule has 0 radical (unpaired) electrons. The number of benzene rings is 2. The molecule has 2 aromatic carbocycles. The van der Waals surface area contributed by atoms with Gasteiger partial charge in [-0.3, -0.25) is 4.98 Å². The first-order chi connectivity index (χ1) is 16.1. The molecule has 0 atom stereocenters. The van der Waals surface area contributed by atoms with Crippen LogP contribution in [0.3, 0.4) is 0 Å². The van der Waals surface area contributed by atoms with Crippen LogP contribution in [-0.4, -0.2) is 31.3 Å². The minimum absolute atomic E-state index is 0.311. The van der Waals surface area contributed by atoms with E-state index in [2.05, 4.69) is 15.3 Å². The quantitative estimate of drug-likeness (QED) is 0.363. The van der Waals surface area contributed by atoms with Gasteiger partial charge in [-0.2, -0.15) is 0 Å². The summed E-state index contributed by atoms with van der Waals surface area (Å²) >= 11 is 0. The van der Waals surface area contributed by atoms with E-state index in [4.69, 9.17) is 18.9 Å².